The Balaban J connectivity index is 2.03. The molecule has 0 aromatic carbocycles. The van der Waals surface area contributed by atoms with Crippen LogP contribution in [-0.4, -0.2) is 59.6 Å². The second-order valence-corrected chi connectivity index (χ2v) is 6.66. The largest absolute Gasteiger partial charge is 0.396 e. The van der Waals surface area contributed by atoms with E-state index in [0.29, 0.717) is 12.1 Å². The monoisotopic (exact) mass is 305 g/mol. The summed E-state index contributed by atoms with van der Waals surface area (Å²) in [6.45, 7) is 4.41. The first-order valence-corrected chi connectivity index (χ1v) is 7.99. The number of amides is 1. The van der Waals surface area contributed by atoms with Gasteiger partial charge >= 0.3 is 0 Å². The molecule has 0 aliphatic carbocycles. The molecular formula is C17H27N3O2. The number of aromatic nitrogens is 1. The minimum atomic E-state index is -0.108. The number of pyridine rings is 1. The second kappa shape index (κ2) is 7.20. The Hall–Kier alpha value is -1.46. The first-order chi connectivity index (χ1) is 10.5. The van der Waals surface area contributed by atoms with Gasteiger partial charge in [0.15, 0.2) is 0 Å². The molecule has 5 nitrogen and oxygen atoms in total. The normalized spacial score (nSPS) is 21.6. The van der Waals surface area contributed by atoms with E-state index in [4.69, 9.17) is 0 Å². The van der Waals surface area contributed by atoms with Crippen LogP contribution in [0.4, 0.5) is 0 Å². The number of likely N-dealkylation sites (tertiary alicyclic amines) is 1. The van der Waals surface area contributed by atoms with E-state index in [0.717, 1.165) is 38.0 Å². The molecule has 0 radical (unpaired) electrons. The summed E-state index contributed by atoms with van der Waals surface area (Å²) in [6, 6.07) is 3.77. The Morgan fingerprint density at radius 3 is 2.77 bits per heavy atom. The maximum atomic E-state index is 12.6. The summed E-state index contributed by atoms with van der Waals surface area (Å²) < 4.78 is 0. The highest BCUT2D eigenvalue weighted by Crippen LogP contribution is 2.35. The maximum Gasteiger partial charge on any atom is 0.255 e. The van der Waals surface area contributed by atoms with Gasteiger partial charge < -0.3 is 14.9 Å². The van der Waals surface area contributed by atoms with Crippen LogP contribution in [-0.2, 0) is 6.54 Å². The third kappa shape index (κ3) is 3.84. The number of hydrogen-bond acceptors (Lipinski definition) is 4. The van der Waals surface area contributed by atoms with E-state index < -0.39 is 0 Å². The van der Waals surface area contributed by atoms with Crippen molar-refractivity contribution in [2.45, 2.75) is 32.7 Å². The average Bonchev–Trinajstić information content (AvgIpc) is 2.92. The number of aliphatic hydroxyl groups is 1. The van der Waals surface area contributed by atoms with Crippen molar-refractivity contribution in [2.75, 3.05) is 33.8 Å². The molecule has 1 saturated heterocycles. The van der Waals surface area contributed by atoms with E-state index in [1.54, 1.807) is 6.20 Å². The molecule has 5 heteroatoms. The molecule has 1 aliphatic rings. The first-order valence-electron chi connectivity index (χ1n) is 7.99. The zero-order chi connectivity index (χ0) is 16.2. The Kier molecular flexibility index (Phi) is 5.53. The molecule has 1 aromatic heterocycles. The molecule has 0 bridgehead atoms. The van der Waals surface area contributed by atoms with Crippen LogP contribution in [0.2, 0.25) is 0 Å². The van der Waals surface area contributed by atoms with Gasteiger partial charge in [-0.15, -0.1) is 0 Å². The molecule has 0 saturated carbocycles. The van der Waals surface area contributed by atoms with Crippen molar-refractivity contribution in [3.63, 3.8) is 0 Å². The fourth-order valence-electron chi connectivity index (χ4n) is 3.20. The standard InChI is InChI=1S/C17H27N3O2/c1-4-7-17(13-21)8-9-20(12-17)16(22)14-5-6-15(18-10-14)11-19(2)3/h5-6,10,21H,4,7-9,11-13H2,1-3H3. The first kappa shape index (κ1) is 16.9. The van der Waals surface area contributed by atoms with Gasteiger partial charge in [-0.3, -0.25) is 9.78 Å². The molecule has 1 atom stereocenters. The average molecular weight is 305 g/mol. The van der Waals surface area contributed by atoms with E-state index in [2.05, 4.69) is 11.9 Å². The SMILES string of the molecule is CCCC1(CO)CCN(C(=O)c2ccc(CN(C)C)nc2)C1. The van der Waals surface area contributed by atoms with Gasteiger partial charge in [-0.25, -0.2) is 0 Å². The van der Waals surface area contributed by atoms with Gasteiger partial charge in [0.1, 0.15) is 0 Å². The predicted molar refractivity (Wildman–Crippen MR) is 86.6 cm³/mol. The predicted octanol–water partition coefficient (Wildman–Crippen LogP) is 1.77. The molecule has 1 amide bonds. The van der Waals surface area contributed by atoms with E-state index in [9.17, 15) is 9.90 Å². The van der Waals surface area contributed by atoms with Crippen LogP contribution in [0.25, 0.3) is 0 Å². The molecule has 1 unspecified atom stereocenters. The summed E-state index contributed by atoms with van der Waals surface area (Å²) in [7, 11) is 3.99. The summed E-state index contributed by atoms with van der Waals surface area (Å²) in [6.07, 6.45) is 4.55. The molecule has 2 heterocycles. The summed E-state index contributed by atoms with van der Waals surface area (Å²) in [5, 5.41) is 9.68. The van der Waals surface area contributed by atoms with E-state index >= 15 is 0 Å². The maximum absolute atomic E-state index is 12.6. The van der Waals surface area contributed by atoms with Crippen LogP contribution in [0.15, 0.2) is 18.3 Å². The minimum absolute atomic E-state index is 0.0235. The van der Waals surface area contributed by atoms with E-state index in [1.807, 2.05) is 36.0 Å². The minimum Gasteiger partial charge on any atom is -0.396 e. The van der Waals surface area contributed by atoms with Crippen LogP contribution < -0.4 is 0 Å². The number of aliphatic hydroxyl groups excluding tert-OH is 1. The Labute approximate surface area is 132 Å². The molecular weight excluding hydrogens is 278 g/mol. The Morgan fingerprint density at radius 1 is 1.45 bits per heavy atom. The van der Waals surface area contributed by atoms with Gasteiger partial charge in [0.25, 0.3) is 5.91 Å². The van der Waals surface area contributed by atoms with Gasteiger partial charge in [0.2, 0.25) is 0 Å². The van der Waals surface area contributed by atoms with Crippen molar-refractivity contribution < 1.29 is 9.90 Å². The quantitative estimate of drug-likeness (QED) is 0.870. The van der Waals surface area contributed by atoms with Crippen molar-refractivity contribution in [1.82, 2.24) is 14.8 Å². The van der Waals surface area contributed by atoms with Gasteiger partial charge in [-0.05, 0) is 39.1 Å². The van der Waals surface area contributed by atoms with Crippen molar-refractivity contribution in [2.24, 2.45) is 5.41 Å². The van der Waals surface area contributed by atoms with E-state index in [-0.39, 0.29) is 17.9 Å². The van der Waals surface area contributed by atoms with Crippen LogP contribution >= 0.6 is 0 Å². The lowest BCUT2D eigenvalue weighted by Gasteiger charge is -2.26. The molecule has 1 aliphatic heterocycles. The van der Waals surface area contributed by atoms with Crippen molar-refractivity contribution in [3.05, 3.63) is 29.6 Å². The van der Waals surface area contributed by atoms with Crippen molar-refractivity contribution in [3.8, 4) is 0 Å². The molecule has 0 spiro atoms. The zero-order valence-corrected chi connectivity index (χ0v) is 13.9. The number of hydrogen-bond donors (Lipinski definition) is 1. The summed E-state index contributed by atoms with van der Waals surface area (Å²) in [5.74, 6) is 0.0235. The topological polar surface area (TPSA) is 56.7 Å². The van der Waals surface area contributed by atoms with Crippen LogP contribution in [0.5, 0.6) is 0 Å². The van der Waals surface area contributed by atoms with Gasteiger partial charge in [-0.2, -0.15) is 0 Å². The van der Waals surface area contributed by atoms with Crippen LogP contribution in [0.3, 0.4) is 0 Å². The fraction of sp³-hybridized carbons (Fsp3) is 0.647. The summed E-state index contributed by atoms with van der Waals surface area (Å²) >= 11 is 0. The summed E-state index contributed by atoms with van der Waals surface area (Å²) in [4.78, 5) is 20.8. The third-order valence-electron chi connectivity index (χ3n) is 4.39. The van der Waals surface area contributed by atoms with Gasteiger partial charge in [0.05, 0.1) is 17.9 Å². The second-order valence-electron chi connectivity index (χ2n) is 6.66. The van der Waals surface area contributed by atoms with Crippen LogP contribution in [0, 0.1) is 5.41 Å². The van der Waals surface area contributed by atoms with E-state index in [1.165, 1.54) is 0 Å². The number of carbonyl (C=O) groups is 1. The number of carbonyl (C=O) groups excluding carboxylic acids is 1. The number of nitrogens with zero attached hydrogens (tertiary/aromatic N) is 3. The van der Waals surface area contributed by atoms with Crippen molar-refractivity contribution in [1.29, 1.82) is 0 Å². The Bertz CT molecular complexity index is 501. The van der Waals surface area contributed by atoms with Crippen LogP contribution in [0.1, 0.15) is 42.2 Å². The molecule has 1 fully saturated rings. The fourth-order valence-corrected chi connectivity index (χ4v) is 3.20. The smallest absolute Gasteiger partial charge is 0.255 e. The highest BCUT2D eigenvalue weighted by atomic mass is 16.3. The molecule has 22 heavy (non-hydrogen) atoms. The third-order valence-corrected chi connectivity index (χ3v) is 4.39. The lowest BCUT2D eigenvalue weighted by Crippen LogP contribution is -2.34. The van der Waals surface area contributed by atoms with Gasteiger partial charge in [0, 0.05) is 31.2 Å². The summed E-state index contributed by atoms with van der Waals surface area (Å²) in [5.41, 5.74) is 1.48. The van der Waals surface area contributed by atoms with Gasteiger partial charge in [-0.1, -0.05) is 13.3 Å². The lowest BCUT2D eigenvalue weighted by atomic mass is 9.83. The highest BCUT2D eigenvalue weighted by molar-refractivity contribution is 5.94. The Morgan fingerprint density at radius 2 is 2.23 bits per heavy atom. The van der Waals surface area contributed by atoms with Crippen molar-refractivity contribution >= 4 is 5.91 Å². The molecule has 1 N–H and O–H groups in total. The highest BCUT2D eigenvalue weighted by Gasteiger charge is 2.38. The lowest BCUT2D eigenvalue weighted by molar-refractivity contribution is 0.0729. The number of rotatable bonds is 6. The molecule has 122 valence electrons. The molecule has 1 aromatic rings. The molecule has 2 rings (SSSR count). The zero-order valence-electron chi connectivity index (χ0n) is 13.9.